The number of benzene rings is 4. The van der Waals surface area contributed by atoms with Crippen molar-refractivity contribution in [1.82, 2.24) is 0 Å². The third kappa shape index (κ3) is 8.76. The predicted octanol–water partition coefficient (Wildman–Crippen LogP) is 11.8. The van der Waals surface area contributed by atoms with Crippen molar-refractivity contribution in [3.8, 4) is 39.1 Å². The van der Waals surface area contributed by atoms with Crippen LogP contribution in [0.25, 0.3) is 33.4 Å². The molecule has 41 heavy (non-hydrogen) atoms. The van der Waals surface area contributed by atoms with Crippen LogP contribution in [0.4, 0.5) is 8.78 Å². The molecule has 1 nitrogen and oxygen atoms in total. The summed E-state index contributed by atoms with van der Waals surface area (Å²) in [5, 5.41) is 0. The summed E-state index contributed by atoms with van der Waals surface area (Å²) in [6, 6.07) is 28.2. The summed E-state index contributed by atoms with van der Waals surface area (Å²) in [6.45, 7) is 4.79. The van der Waals surface area contributed by atoms with Crippen molar-refractivity contribution in [2.45, 2.75) is 84.5 Å². The molecular formula is C38H44F2O. The summed E-state index contributed by atoms with van der Waals surface area (Å²) in [5.41, 5.74) is 6.79. The molecule has 0 aromatic heterocycles. The fourth-order valence-electron chi connectivity index (χ4n) is 5.25. The van der Waals surface area contributed by atoms with Gasteiger partial charge in [0.05, 0.1) is 6.61 Å². The van der Waals surface area contributed by atoms with Gasteiger partial charge in [-0.05, 0) is 64.8 Å². The Bertz CT molecular complexity index is 1320. The van der Waals surface area contributed by atoms with Gasteiger partial charge in [-0.3, -0.25) is 0 Å². The van der Waals surface area contributed by atoms with Gasteiger partial charge >= 0.3 is 0 Å². The van der Waals surface area contributed by atoms with Gasteiger partial charge in [0.25, 0.3) is 0 Å². The summed E-state index contributed by atoms with van der Waals surface area (Å²) in [6.07, 6.45) is 13.2. The molecule has 0 N–H and O–H groups in total. The second-order valence-corrected chi connectivity index (χ2v) is 11.0. The van der Waals surface area contributed by atoms with Gasteiger partial charge in [-0.25, -0.2) is 4.39 Å². The molecule has 0 atom stereocenters. The highest BCUT2D eigenvalue weighted by molar-refractivity contribution is 5.73. The highest BCUT2D eigenvalue weighted by atomic mass is 19.2. The molecule has 0 heterocycles. The van der Waals surface area contributed by atoms with Crippen molar-refractivity contribution < 1.29 is 13.5 Å². The van der Waals surface area contributed by atoms with Crippen LogP contribution >= 0.6 is 0 Å². The second kappa shape index (κ2) is 16.1. The average Bonchev–Trinajstić information content (AvgIpc) is 3.01. The summed E-state index contributed by atoms with van der Waals surface area (Å²) >= 11 is 0. The van der Waals surface area contributed by atoms with Crippen molar-refractivity contribution in [1.29, 1.82) is 0 Å². The molecule has 0 saturated carbocycles. The van der Waals surface area contributed by atoms with Crippen LogP contribution in [0.5, 0.6) is 5.75 Å². The lowest BCUT2D eigenvalue weighted by Crippen LogP contribution is -2.01. The molecule has 0 unspecified atom stereocenters. The smallest absolute Gasteiger partial charge is 0.201 e. The van der Waals surface area contributed by atoms with Gasteiger partial charge < -0.3 is 4.74 Å². The molecule has 0 amide bonds. The van der Waals surface area contributed by atoms with Gasteiger partial charge in [0.1, 0.15) is 0 Å². The molecule has 0 spiro atoms. The Balaban J connectivity index is 1.34. The quantitative estimate of drug-likeness (QED) is 0.125. The average molecular weight is 555 g/mol. The molecular weight excluding hydrogens is 510 g/mol. The third-order valence-corrected chi connectivity index (χ3v) is 7.82. The van der Waals surface area contributed by atoms with Crippen LogP contribution in [0.2, 0.25) is 0 Å². The largest absolute Gasteiger partial charge is 0.490 e. The topological polar surface area (TPSA) is 9.23 Å². The number of halogens is 2. The summed E-state index contributed by atoms with van der Waals surface area (Å²) < 4.78 is 35.1. The number of rotatable bonds is 16. The summed E-state index contributed by atoms with van der Waals surface area (Å²) in [4.78, 5) is 0. The lowest BCUT2D eigenvalue weighted by atomic mass is 9.97. The Morgan fingerprint density at radius 1 is 0.463 bits per heavy atom. The maximum Gasteiger partial charge on any atom is 0.201 e. The minimum Gasteiger partial charge on any atom is -0.490 e. The van der Waals surface area contributed by atoms with Crippen molar-refractivity contribution in [3.63, 3.8) is 0 Å². The molecule has 4 rings (SSSR count). The van der Waals surface area contributed by atoms with Crippen LogP contribution in [0.3, 0.4) is 0 Å². The third-order valence-electron chi connectivity index (χ3n) is 7.82. The molecule has 0 aliphatic heterocycles. The summed E-state index contributed by atoms with van der Waals surface area (Å²) in [5.74, 6) is -1.81. The fourth-order valence-corrected chi connectivity index (χ4v) is 5.25. The normalized spacial score (nSPS) is 11.1. The van der Waals surface area contributed by atoms with Crippen molar-refractivity contribution in [2.75, 3.05) is 6.61 Å². The zero-order valence-electron chi connectivity index (χ0n) is 24.7. The number of unbranched alkanes of at least 4 members (excludes halogenated alkanes) is 8. The molecule has 0 bridgehead atoms. The minimum absolute atomic E-state index is 0.0214. The van der Waals surface area contributed by atoms with E-state index < -0.39 is 11.6 Å². The Hall–Kier alpha value is -3.46. The lowest BCUT2D eigenvalue weighted by Gasteiger charge is -2.11. The lowest BCUT2D eigenvalue weighted by molar-refractivity contribution is 0.285. The van der Waals surface area contributed by atoms with E-state index in [-0.39, 0.29) is 11.3 Å². The zero-order valence-corrected chi connectivity index (χ0v) is 24.7. The van der Waals surface area contributed by atoms with E-state index in [4.69, 9.17) is 4.74 Å². The van der Waals surface area contributed by atoms with E-state index in [1.54, 1.807) is 6.07 Å². The first kappa shape index (κ1) is 30.5. The van der Waals surface area contributed by atoms with E-state index in [1.807, 2.05) is 24.3 Å². The van der Waals surface area contributed by atoms with Gasteiger partial charge in [-0.2, -0.15) is 4.39 Å². The van der Waals surface area contributed by atoms with E-state index in [9.17, 15) is 8.78 Å². The molecule has 0 saturated heterocycles. The molecule has 0 fully saturated rings. The van der Waals surface area contributed by atoms with Crippen LogP contribution in [0.1, 0.15) is 83.6 Å². The van der Waals surface area contributed by atoms with Gasteiger partial charge in [0.15, 0.2) is 11.6 Å². The number of ether oxygens (including phenoxy) is 1. The van der Waals surface area contributed by atoms with Crippen LogP contribution in [0.15, 0.2) is 84.9 Å². The highest BCUT2D eigenvalue weighted by Crippen LogP contribution is 2.32. The van der Waals surface area contributed by atoms with Gasteiger partial charge in [0, 0.05) is 5.56 Å². The van der Waals surface area contributed by atoms with Crippen LogP contribution in [-0.2, 0) is 6.42 Å². The van der Waals surface area contributed by atoms with Crippen molar-refractivity contribution in [2.24, 2.45) is 0 Å². The van der Waals surface area contributed by atoms with Gasteiger partial charge in [0.2, 0.25) is 5.82 Å². The molecule has 4 aromatic carbocycles. The molecule has 0 radical (unpaired) electrons. The maximum atomic E-state index is 14.9. The molecule has 4 aromatic rings. The summed E-state index contributed by atoms with van der Waals surface area (Å²) in [7, 11) is 0. The highest BCUT2D eigenvalue weighted by Gasteiger charge is 2.16. The molecule has 0 aliphatic rings. The molecule has 216 valence electrons. The first-order chi connectivity index (χ1) is 20.1. The van der Waals surface area contributed by atoms with Crippen molar-refractivity contribution >= 4 is 0 Å². The predicted molar refractivity (Wildman–Crippen MR) is 169 cm³/mol. The van der Waals surface area contributed by atoms with Gasteiger partial charge in [-0.15, -0.1) is 0 Å². The van der Waals surface area contributed by atoms with Gasteiger partial charge in [-0.1, -0.05) is 138 Å². The monoisotopic (exact) mass is 554 g/mol. The van der Waals surface area contributed by atoms with Crippen LogP contribution in [-0.4, -0.2) is 6.61 Å². The number of hydrogen-bond donors (Lipinski definition) is 0. The number of aryl methyl sites for hydroxylation is 1. The first-order valence-electron chi connectivity index (χ1n) is 15.5. The van der Waals surface area contributed by atoms with E-state index in [2.05, 4.69) is 62.4 Å². The standard InChI is InChI=1S/C38H44F2O/c1-3-5-7-9-10-11-13-29-14-16-30(17-15-29)31-18-20-32(21-19-31)33-22-24-34(25-23-33)35-26-27-36(38(40)37(35)39)41-28-12-8-6-4-2/h14-27H,3-13,28H2,1-2H3. The minimum atomic E-state index is -0.923. The first-order valence-corrected chi connectivity index (χ1v) is 15.5. The van der Waals surface area contributed by atoms with E-state index in [1.165, 1.54) is 61.3 Å². The van der Waals surface area contributed by atoms with Crippen LogP contribution < -0.4 is 4.74 Å². The fraction of sp³-hybridized carbons (Fsp3) is 0.368. The Morgan fingerprint density at radius 2 is 0.927 bits per heavy atom. The molecule has 0 aliphatic carbocycles. The zero-order chi connectivity index (χ0) is 28.9. The van der Waals surface area contributed by atoms with E-state index >= 15 is 0 Å². The maximum absolute atomic E-state index is 14.9. The van der Waals surface area contributed by atoms with E-state index in [0.717, 1.165) is 43.2 Å². The van der Waals surface area contributed by atoms with E-state index in [0.29, 0.717) is 12.2 Å². The second-order valence-electron chi connectivity index (χ2n) is 11.0. The number of hydrogen-bond acceptors (Lipinski definition) is 1. The Kier molecular flexibility index (Phi) is 12.0. The van der Waals surface area contributed by atoms with Crippen molar-refractivity contribution in [3.05, 3.63) is 102 Å². The van der Waals surface area contributed by atoms with Crippen LogP contribution in [0, 0.1) is 11.6 Å². The Morgan fingerprint density at radius 3 is 1.49 bits per heavy atom. The Labute approximate surface area is 245 Å². The molecule has 3 heteroatoms. The SMILES string of the molecule is CCCCCCCCc1ccc(-c2ccc(-c3ccc(-c4ccc(OCCCCCC)c(F)c4F)cc3)cc2)cc1.